The van der Waals surface area contributed by atoms with E-state index in [1.807, 2.05) is 42.5 Å². The van der Waals surface area contributed by atoms with E-state index in [9.17, 15) is 8.42 Å². The smallest absolute Gasteiger partial charge is 0.245 e. The van der Waals surface area contributed by atoms with Crippen LogP contribution in [0.1, 0.15) is 5.56 Å². The zero-order valence-electron chi connectivity index (χ0n) is 14.8. The maximum Gasteiger partial charge on any atom is 0.245 e. The number of nitrogens with zero attached hydrogens (tertiary/aromatic N) is 3. The predicted octanol–water partition coefficient (Wildman–Crippen LogP) is 3.39. The molecule has 2 heterocycles. The first-order valence-corrected chi connectivity index (χ1v) is 10.7. The lowest BCUT2D eigenvalue weighted by Crippen LogP contribution is -2.48. The molecule has 2 aromatic carbocycles. The molecule has 0 atom stereocenters. The quantitative estimate of drug-likeness (QED) is 0.672. The first-order valence-electron chi connectivity index (χ1n) is 8.85. The molecule has 0 unspecified atom stereocenters. The molecule has 0 N–H and O–H groups in total. The highest BCUT2D eigenvalue weighted by Gasteiger charge is 2.30. The summed E-state index contributed by atoms with van der Waals surface area (Å²) in [6.07, 6.45) is 1.63. The molecule has 5 nitrogen and oxygen atoms in total. The van der Waals surface area contributed by atoms with Crippen LogP contribution in [0.4, 0.5) is 0 Å². The van der Waals surface area contributed by atoms with Gasteiger partial charge >= 0.3 is 0 Å². The van der Waals surface area contributed by atoms with Gasteiger partial charge in [0.1, 0.15) is 4.90 Å². The van der Waals surface area contributed by atoms with Crippen LogP contribution in [0.2, 0.25) is 5.02 Å². The molecule has 4 rings (SSSR count). The molecular weight excluding hydrogens is 382 g/mol. The van der Waals surface area contributed by atoms with Crippen molar-refractivity contribution in [2.75, 3.05) is 26.2 Å². The van der Waals surface area contributed by atoms with Crippen LogP contribution in [0.3, 0.4) is 0 Å². The van der Waals surface area contributed by atoms with Crippen molar-refractivity contribution in [1.29, 1.82) is 0 Å². The molecule has 3 aromatic rings. The van der Waals surface area contributed by atoms with Crippen LogP contribution >= 0.6 is 11.6 Å². The second-order valence-corrected chi connectivity index (χ2v) is 8.98. The minimum absolute atomic E-state index is 0.281. The van der Waals surface area contributed by atoms with Gasteiger partial charge in [-0.15, -0.1) is 0 Å². The molecule has 140 valence electrons. The minimum atomic E-state index is -3.57. The lowest BCUT2D eigenvalue weighted by molar-refractivity contribution is 0.181. The van der Waals surface area contributed by atoms with E-state index < -0.39 is 10.0 Å². The second-order valence-electron chi connectivity index (χ2n) is 6.64. The molecule has 0 bridgehead atoms. The Morgan fingerprint density at radius 2 is 1.70 bits per heavy atom. The van der Waals surface area contributed by atoms with E-state index in [2.05, 4.69) is 9.88 Å². The zero-order valence-corrected chi connectivity index (χ0v) is 16.3. The molecule has 0 aliphatic carbocycles. The standard InChI is InChI=1S/C20H20ClN3O2S/c21-18-7-1-4-16(14-18)15-23-10-12-24(13-11-23)27(25,26)19-8-2-5-17-6-3-9-22-20(17)19/h1-9,14H,10-13,15H2. The van der Waals surface area contributed by atoms with Crippen molar-refractivity contribution in [1.82, 2.24) is 14.2 Å². The molecule has 0 amide bonds. The molecule has 27 heavy (non-hydrogen) atoms. The number of sulfonamides is 1. The Balaban J connectivity index is 1.50. The van der Waals surface area contributed by atoms with Gasteiger partial charge in [0.25, 0.3) is 0 Å². The maximum atomic E-state index is 13.2. The Morgan fingerprint density at radius 1 is 0.963 bits per heavy atom. The number of para-hydroxylation sites is 1. The lowest BCUT2D eigenvalue weighted by Gasteiger charge is -2.34. The number of halogens is 1. The summed E-state index contributed by atoms with van der Waals surface area (Å²) in [7, 11) is -3.57. The van der Waals surface area contributed by atoms with E-state index in [1.165, 1.54) is 0 Å². The van der Waals surface area contributed by atoms with Gasteiger partial charge in [0.15, 0.2) is 0 Å². The van der Waals surface area contributed by atoms with E-state index in [1.54, 1.807) is 22.6 Å². The number of fused-ring (bicyclic) bond motifs is 1. The van der Waals surface area contributed by atoms with Gasteiger partial charge in [-0.3, -0.25) is 9.88 Å². The molecule has 7 heteroatoms. The average molecular weight is 402 g/mol. The van der Waals surface area contributed by atoms with Crippen molar-refractivity contribution < 1.29 is 8.42 Å². The van der Waals surface area contributed by atoms with Crippen molar-refractivity contribution in [3.8, 4) is 0 Å². The van der Waals surface area contributed by atoms with Gasteiger partial charge in [-0.25, -0.2) is 8.42 Å². The number of piperazine rings is 1. The van der Waals surface area contributed by atoms with Crippen LogP contribution in [0.15, 0.2) is 65.7 Å². The number of hydrogen-bond donors (Lipinski definition) is 0. The highest BCUT2D eigenvalue weighted by molar-refractivity contribution is 7.89. The molecule has 0 saturated carbocycles. The first-order chi connectivity index (χ1) is 13.0. The third-order valence-electron chi connectivity index (χ3n) is 4.84. The van der Waals surface area contributed by atoms with Gasteiger partial charge in [0, 0.05) is 49.3 Å². The van der Waals surface area contributed by atoms with E-state index in [0.717, 1.165) is 22.5 Å². The molecule has 1 aliphatic rings. The number of benzene rings is 2. The van der Waals surface area contributed by atoms with E-state index in [0.29, 0.717) is 31.7 Å². The van der Waals surface area contributed by atoms with Gasteiger partial charge in [0.05, 0.1) is 5.52 Å². The van der Waals surface area contributed by atoms with Gasteiger partial charge in [0.2, 0.25) is 10.0 Å². The van der Waals surface area contributed by atoms with Crippen LogP contribution in [0, 0.1) is 0 Å². The van der Waals surface area contributed by atoms with Crippen molar-refractivity contribution in [3.63, 3.8) is 0 Å². The number of hydrogen-bond acceptors (Lipinski definition) is 4. The fourth-order valence-electron chi connectivity index (χ4n) is 3.44. The Hall–Kier alpha value is -1.99. The summed E-state index contributed by atoms with van der Waals surface area (Å²) in [6, 6.07) is 16.8. The molecule has 0 radical (unpaired) electrons. The summed E-state index contributed by atoms with van der Waals surface area (Å²) >= 11 is 6.05. The maximum absolute atomic E-state index is 13.2. The molecule has 1 aromatic heterocycles. The molecule has 1 aliphatic heterocycles. The zero-order chi connectivity index (χ0) is 18.9. The summed E-state index contributed by atoms with van der Waals surface area (Å²) in [4.78, 5) is 6.82. The molecule has 1 saturated heterocycles. The summed E-state index contributed by atoms with van der Waals surface area (Å²) < 4.78 is 27.9. The van der Waals surface area contributed by atoms with E-state index in [4.69, 9.17) is 11.6 Å². The van der Waals surface area contributed by atoms with E-state index in [-0.39, 0.29) is 4.90 Å². The highest BCUT2D eigenvalue weighted by atomic mass is 35.5. The summed E-state index contributed by atoms with van der Waals surface area (Å²) in [5.41, 5.74) is 1.67. The predicted molar refractivity (Wildman–Crippen MR) is 107 cm³/mol. The first kappa shape index (κ1) is 18.4. The van der Waals surface area contributed by atoms with Crippen molar-refractivity contribution >= 4 is 32.5 Å². The van der Waals surface area contributed by atoms with Crippen LogP contribution < -0.4 is 0 Å². The Morgan fingerprint density at radius 3 is 2.48 bits per heavy atom. The Bertz CT molecular complexity index is 1060. The van der Waals surface area contributed by atoms with Gasteiger partial charge in [-0.05, 0) is 29.8 Å². The Labute approximate surface area is 164 Å². The van der Waals surface area contributed by atoms with Crippen molar-refractivity contribution in [3.05, 3.63) is 71.4 Å². The van der Waals surface area contributed by atoms with Crippen molar-refractivity contribution in [2.45, 2.75) is 11.4 Å². The van der Waals surface area contributed by atoms with Gasteiger partial charge in [-0.2, -0.15) is 4.31 Å². The fourth-order valence-corrected chi connectivity index (χ4v) is 5.25. The number of aromatic nitrogens is 1. The minimum Gasteiger partial charge on any atom is -0.296 e. The van der Waals surface area contributed by atoms with E-state index >= 15 is 0 Å². The topological polar surface area (TPSA) is 53.5 Å². The third kappa shape index (κ3) is 3.84. The fraction of sp³-hybridized carbons (Fsp3) is 0.250. The van der Waals surface area contributed by atoms with Crippen LogP contribution in [0.5, 0.6) is 0 Å². The molecule has 0 spiro atoms. The second kappa shape index (κ2) is 7.56. The van der Waals surface area contributed by atoms with Gasteiger partial charge in [-0.1, -0.05) is 41.9 Å². The highest BCUT2D eigenvalue weighted by Crippen LogP contribution is 2.25. The average Bonchev–Trinajstić information content (AvgIpc) is 2.68. The van der Waals surface area contributed by atoms with Crippen LogP contribution in [0.25, 0.3) is 10.9 Å². The summed E-state index contributed by atoms with van der Waals surface area (Å²) in [5.74, 6) is 0. The SMILES string of the molecule is O=S(=O)(c1cccc2cccnc12)N1CCN(Cc2cccc(Cl)c2)CC1. The summed E-state index contributed by atoms with van der Waals surface area (Å²) in [6.45, 7) is 3.07. The monoisotopic (exact) mass is 401 g/mol. The normalized spacial score (nSPS) is 16.6. The van der Waals surface area contributed by atoms with Crippen LogP contribution in [-0.2, 0) is 16.6 Å². The number of pyridine rings is 1. The summed E-state index contributed by atoms with van der Waals surface area (Å²) in [5, 5.41) is 1.55. The Kier molecular flexibility index (Phi) is 5.14. The van der Waals surface area contributed by atoms with Crippen LogP contribution in [-0.4, -0.2) is 48.8 Å². The largest absolute Gasteiger partial charge is 0.296 e. The van der Waals surface area contributed by atoms with Crippen molar-refractivity contribution in [2.24, 2.45) is 0 Å². The number of rotatable bonds is 4. The molecular formula is C20H20ClN3O2S. The molecule has 1 fully saturated rings. The van der Waals surface area contributed by atoms with Gasteiger partial charge < -0.3 is 0 Å². The lowest BCUT2D eigenvalue weighted by atomic mass is 10.2. The third-order valence-corrected chi connectivity index (χ3v) is 7.01.